The van der Waals surface area contributed by atoms with E-state index in [1.165, 1.54) is 14.0 Å². The van der Waals surface area contributed by atoms with E-state index in [-0.39, 0.29) is 22.6 Å². The molecule has 3 nitrogen and oxygen atoms in total. The Morgan fingerprint density at radius 1 is 1.62 bits per heavy atom. The average molecular weight is 250 g/mol. The summed E-state index contributed by atoms with van der Waals surface area (Å²) < 4.78 is 29.8. The molecule has 0 aromatic carbocycles. The fraction of sp³-hybridized carbons (Fsp3) is 0.400. The molecule has 0 atom stereocenters. The number of esters is 1. The number of aromatic nitrogens is 1. The average Bonchev–Trinajstić information content (AvgIpc) is 2.26. The number of aryl methyl sites for hydroxylation is 1. The van der Waals surface area contributed by atoms with E-state index in [0.717, 1.165) is 6.20 Å². The second kappa shape index (κ2) is 5.21. The monoisotopic (exact) mass is 249 g/mol. The molecule has 0 amide bonds. The van der Waals surface area contributed by atoms with Crippen LogP contribution in [-0.2, 0) is 10.6 Å². The van der Waals surface area contributed by atoms with Crippen molar-refractivity contribution in [2.75, 3.05) is 7.11 Å². The highest BCUT2D eigenvalue weighted by Gasteiger charge is 2.22. The molecule has 0 radical (unpaired) electrons. The Hall–Kier alpha value is -1.23. The lowest BCUT2D eigenvalue weighted by Crippen LogP contribution is -2.11. The van der Waals surface area contributed by atoms with Crippen LogP contribution in [0.3, 0.4) is 0 Å². The third-order valence-electron chi connectivity index (χ3n) is 2.17. The van der Waals surface area contributed by atoms with Gasteiger partial charge in [-0.15, -0.1) is 11.6 Å². The van der Waals surface area contributed by atoms with Gasteiger partial charge in [0.25, 0.3) is 6.43 Å². The van der Waals surface area contributed by atoms with Crippen molar-refractivity contribution in [1.82, 2.24) is 4.98 Å². The SMILES string of the molecule is COC(=O)c1c(C)ncc(C(F)F)c1CCl. The van der Waals surface area contributed by atoms with Crippen molar-refractivity contribution >= 4 is 17.6 Å². The lowest BCUT2D eigenvalue weighted by Gasteiger charge is -2.12. The summed E-state index contributed by atoms with van der Waals surface area (Å²) in [5, 5.41) is 0. The van der Waals surface area contributed by atoms with Crippen molar-refractivity contribution in [2.45, 2.75) is 19.2 Å². The number of hydrogen-bond acceptors (Lipinski definition) is 3. The van der Waals surface area contributed by atoms with E-state index in [9.17, 15) is 13.6 Å². The second-order valence-corrected chi connectivity index (χ2v) is 3.35. The molecule has 1 aromatic rings. The standard InChI is InChI=1S/C10H10ClF2NO2/c1-5-8(10(15)16-2)6(3-11)7(4-14-5)9(12)13/h4,9H,3H2,1-2H3. The fourth-order valence-electron chi connectivity index (χ4n) is 1.38. The van der Waals surface area contributed by atoms with Gasteiger partial charge in [0.05, 0.1) is 18.4 Å². The lowest BCUT2D eigenvalue weighted by atomic mass is 10.0. The van der Waals surface area contributed by atoms with Crippen LogP contribution in [0.1, 0.15) is 33.6 Å². The van der Waals surface area contributed by atoms with E-state index in [4.69, 9.17) is 11.6 Å². The predicted molar refractivity (Wildman–Crippen MR) is 54.8 cm³/mol. The van der Waals surface area contributed by atoms with Crippen LogP contribution < -0.4 is 0 Å². The highest BCUT2D eigenvalue weighted by molar-refractivity contribution is 6.17. The Labute approximate surface area is 96.4 Å². The number of hydrogen-bond donors (Lipinski definition) is 0. The van der Waals surface area contributed by atoms with E-state index < -0.39 is 12.4 Å². The van der Waals surface area contributed by atoms with Gasteiger partial charge in [0.2, 0.25) is 0 Å². The predicted octanol–water partition coefficient (Wildman–Crippen LogP) is 2.85. The molecule has 0 aliphatic rings. The fourth-order valence-corrected chi connectivity index (χ4v) is 1.66. The second-order valence-electron chi connectivity index (χ2n) is 3.08. The molecule has 6 heteroatoms. The van der Waals surface area contributed by atoms with Crippen molar-refractivity contribution in [3.8, 4) is 0 Å². The number of alkyl halides is 3. The van der Waals surface area contributed by atoms with Crippen LogP contribution in [0.2, 0.25) is 0 Å². The van der Waals surface area contributed by atoms with Gasteiger partial charge < -0.3 is 4.74 Å². The summed E-state index contributed by atoms with van der Waals surface area (Å²) in [6.45, 7) is 1.54. The van der Waals surface area contributed by atoms with E-state index in [2.05, 4.69) is 9.72 Å². The zero-order valence-corrected chi connectivity index (χ0v) is 9.52. The van der Waals surface area contributed by atoms with Crippen molar-refractivity contribution in [3.63, 3.8) is 0 Å². The molecule has 1 rings (SSSR count). The largest absolute Gasteiger partial charge is 0.465 e. The minimum atomic E-state index is -2.72. The molecule has 16 heavy (non-hydrogen) atoms. The summed E-state index contributed by atoms with van der Waals surface area (Å²) in [4.78, 5) is 15.2. The van der Waals surface area contributed by atoms with E-state index >= 15 is 0 Å². The van der Waals surface area contributed by atoms with Crippen molar-refractivity contribution < 1.29 is 18.3 Å². The molecule has 0 fully saturated rings. The Kier molecular flexibility index (Phi) is 4.18. The van der Waals surface area contributed by atoms with Crippen molar-refractivity contribution in [3.05, 3.63) is 28.6 Å². The third-order valence-corrected chi connectivity index (χ3v) is 2.43. The number of halogens is 3. The van der Waals surface area contributed by atoms with Gasteiger partial charge >= 0.3 is 5.97 Å². The first-order chi connectivity index (χ1) is 7.52. The van der Waals surface area contributed by atoms with Gasteiger partial charge in [-0.05, 0) is 12.5 Å². The smallest absolute Gasteiger partial charge is 0.340 e. The summed E-state index contributed by atoms with van der Waals surface area (Å²) in [5.74, 6) is -0.892. The first-order valence-corrected chi connectivity index (χ1v) is 4.97. The van der Waals surface area contributed by atoms with E-state index in [1.54, 1.807) is 0 Å². The molecule has 1 aromatic heterocycles. The van der Waals surface area contributed by atoms with Gasteiger partial charge in [0, 0.05) is 17.6 Å². The van der Waals surface area contributed by atoms with Gasteiger partial charge in [0.15, 0.2) is 0 Å². The summed E-state index contributed by atoms with van der Waals surface area (Å²) in [6, 6.07) is 0. The summed E-state index contributed by atoms with van der Waals surface area (Å²) >= 11 is 5.59. The lowest BCUT2D eigenvalue weighted by molar-refractivity contribution is 0.0597. The molecule has 0 unspecified atom stereocenters. The maximum Gasteiger partial charge on any atom is 0.340 e. The molecule has 0 aliphatic heterocycles. The molecule has 1 heterocycles. The molecular formula is C10H10ClF2NO2. The zero-order chi connectivity index (χ0) is 12.3. The molecule has 0 saturated carbocycles. The molecule has 0 saturated heterocycles. The Morgan fingerprint density at radius 3 is 2.69 bits per heavy atom. The van der Waals surface area contributed by atoms with Crippen LogP contribution >= 0.6 is 11.6 Å². The minimum absolute atomic E-state index is 0.0234. The third kappa shape index (κ3) is 2.29. The van der Waals surface area contributed by atoms with Crippen LogP contribution in [0.15, 0.2) is 6.20 Å². The first kappa shape index (κ1) is 12.8. The molecule has 0 aliphatic carbocycles. The maximum absolute atomic E-state index is 12.6. The zero-order valence-electron chi connectivity index (χ0n) is 8.76. The molecule has 0 N–H and O–H groups in total. The number of rotatable bonds is 3. The van der Waals surface area contributed by atoms with Gasteiger partial charge in [-0.2, -0.15) is 0 Å². The molecule has 0 bridgehead atoms. The topological polar surface area (TPSA) is 39.2 Å². The van der Waals surface area contributed by atoms with Crippen LogP contribution in [0, 0.1) is 6.92 Å². The number of carbonyl (C=O) groups excluding carboxylic acids is 1. The van der Waals surface area contributed by atoms with E-state index in [1.807, 2.05) is 0 Å². The first-order valence-electron chi connectivity index (χ1n) is 4.43. The summed E-state index contributed by atoms with van der Waals surface area (Å²) in [5.41, 5.74) is 0.0965. The van der Waals surface area contributed by atoms with E-state index in [0.29, 0.717) is 5.69 Å². The molecule has 88 valence electrons. The van der Waals surface area contributed by atoms with Crippen LogP contribution in [0.25, 0.3) is 0 Å². The Balaban J connectivity index is 3.44. The van der Waals surface area contributed by atoms with Crippen LogP contribution in [-0.4, -0.2) is 18.1 Å². The Morgan fingerprint density at radius 2 is 2.25 bits per heavy atom. The van der Waals surface area contributed by atoms with Gasteiger partial charge in [-0.1, -0.05) is 0 Å². The summed E-state index contributed by atoms with van der Waals surface area (Å²) in [7, 11) is 1.18. The van der Waals surface area contributed by atoms with Crippen LogP contribution in [0.4, 0.5) is 8.78 Å². The van der Waals surface area contributed by atoms with Gasteiger partial charge in [0.1, 0.15) is 0 Å². The number of methoxy groups -OCH3 is 1. The van der Waals surface area contributed by atoms with Crippen LogP contribution in [0.5, 0.6) is 0 Å². The minimum Gasteiger partial charge on any atom is -0.465 e. The summed E-state index contributed by atoms with van der Waals surface area (Å²) in [6.07, 6.45) is -1.69. The number of nitrogens with zero attached hydrogens (tertiary/aromatic N) is 1. The quantitative estimate of drug-likeness (QED) is 0.611. The van der Waals surface area contributed by atoms with Crippen molar-refractivity contribution in [2.24, 2.45) is 0 Å². The highest BCUT2D eigenvalue weighted by atomic mass is 35.5. The van der Waals surface area contributed by atoms with Crippen molar-refractivity contribution in [1.29, 1.82) is 0 Å². The van der Waals surface area contributed by atoms with Gasteiger partial charge in [-0.25, -0.2) is 13.6 Å². The molecule has 0 spiro atoms. The highest BCUT2D eigenvalue weighted by Crippen LogP contribution is 2.27. The Bertz CT molecular complexity index is 410. The molecular weight excluding hydrogens is 240 g/mol. The normalized spacial score (nSPS) is 10.6. The maximum atomic E-state index is 12.6. The number of pyridine rings is 1. The van der Waals surface area contributed by atoms with Gasteiger partial charge in [-0.3, -0.25) is 4.98 Å². The number of carbonyl (C=O) groups is 1. The number of ether oxygens (including phenoxy) is 1.